The van der Waals surface area contributed by atoms with Crippen molar-refractivity contribution in [3.63, 3.8) is 0 Å². The van der Waals surface area contributed by atoms with Gasteiger partial charge in [0.15, 0.2) is 0 Å². The fraction of sp³-hybridized carbons (Fsp3) is 0.923. The lowest BCUT2D eigenvalue weighted by Crippen LogP contribution is -2.55. The monoisotopic (exact) mass is 224 g/mol. The molecule has 0 aromatic rings. The van der Waals surface area contributed by atoms with Gasteiger partial charge in [0, 0.05) is 18.8 Å². The quantitative estimate of drug-likeness (QED) is 0.593. The Hall–Kier alpha value is -0.570. The summed E-state index contributed by atoms with van der Waals surface area (Å²) in [6.45, 7) is 2.11. The lowest BCUT2D eigenvalue weighted by molar-refractivity contribution is -0.219. The summed E-state index contributed by atoms with van der Waals surface area (Å²) < 4.78 is 11.8. The average Bonchev–Trinajstić information content (AvgIpc) is 2.65. The minimum atomic E-state index is -0.0107. The molecule has 0 unspecified atom stereocenters. The van der Waals surface area contributed by atoms with Crippen LogP contribution in [0.3, 0.4) is 0 Å². The molecule has 0 radical (unpaired) electrons. The maximum atomic E-state index is 11.4. The van der Waals surface area contributed by atoms with Gasteiger partial charge in [0.05, 0.1) is 11.7 Å². The van der Waals surface area contributed by atoms with Crippen molar-refractivity contribution in [1.29, 1.82) is 0 Å². The lowest BCUT2D eigenvalue weighted by Gasteiger charge is -2.49. The predicted octanol–water partition coefficient (Wildman–Crippen LogP) is 2.43. The van der Waals surface area contributed by atoms with Crippen LogP contribution in [0.4, 0.5) is 0 Å². The fourth-order valence-corrected chi connectivity index (χ4v) is 3.91. The summed E-state index contributed by atoms with van der Waals surface area (Å²) in [7, 11) is 0. The second-order valence-electron chi connectivity index (χ2n) is 5.61. The van der Waals surface area contributed by atoms with Crippen molar-refractivity contribution in [1.82, 2.24) is 0 Å². The summed E-state index contributed by atoms with van der Waals surface area (Å²) >= 11 is 0. The number of ether oxygens (including phenoxy) is 2. The average molecular weight is 224 g/mol. The van der Waals surface area contributed by atoms with Crippen molar-refractivity contribution >= 4 is 5.97 Å². The van der Waals surface area contributed by atoms with Gasteiger partial charge in [-0.2, -0.15) is 0 Å². The van der Waals surface area contributed by atoms with Gasteiger partial charge in [0.2, 0.25) is 0 Å². The van der Waals surface area contributed by atoms with E-state index in [1.54, 1.807) is 0 Å². The summed E-state index contributed by atoms with van der Waals surface area (Å²) in [4.78, 5) is 11.4. The molecule has 2 heterocycles. The van der Waals surface area contributed by atoms with Gasteiger partial charge in [-0.1, -0.05) is 12.8 Å². The van der Waals surface area contributed by atoms with Gasteiger partial charge in [0.25, 0.3) is 0 Å². The first-order valence-electron chi connectivity index (χ1n) is 6.57. The van der Waals surface area contributed by atoms with Crippen LogP contribution in [0.5, 0.6) is 0 Å². The Morgan fingerprint density at radius 1 is 1.31 bits per heavy atom. The number of carbonyl (C=O) groups excluding carboxylic acids is 1. The van der Waals surface area contributed by atoms with Crippen LogP contribution in [0.25, 0.3) is 0 Å². The molecule has 16 heavy (non-hydrogen) atoms. The predicted molar refractivity (Wildman–Crippen MR) is 59.0 cm³/mol. The van der Waals surface area contributed by atoms with E-state index in [-0.39, 0.29) is 23.8 Å². The molecule has 2 aliphatic heterocycles. The molecule has 0 bridgehead atoms. The molecule has 0 aromatic carbocycles. The van der Waals surface area contributed by atoms with Crippen molar-refractivity contribution in [3.8, 4) is 0 Å². The highest BCUT2D eigenvalue weighted by Crippen LogP contribution is 2.49. The first-order chi connectivity index (χ1) is 7.70. The molecular weight excluding hydrogens is 204 g/mol. The number of esters is 1. The van der Waals surface area contributed by atoms with Gasteiger partial charge in [-0.25, -0.2) is 0 Å². The summed E-state index contributed by atoms with van der Waals surface area (Å²) in [5.74, 6) is 0.451. The van der Waals surface area contributed by atoms with E-state index in [0.717, 1.165) is 25.7 Å². The third kappa shape index (κ3) is 1.56. The Morgan fingerprint density at radius 2 is 2.06 bits per heavy atom. The molecule has 0 amide bonds. The third-order valence-electron chi connectivity index (χ3n) is 4.52. The van der Waals surface area contributed by atoms with Crippen LogP contribution in [0.1, 0.15) is 51.9 Å². The first-order valence-corrected chi connectivity index (χ1v) is 6.57. The Balaban J connectivity index is 1.85. The van der Waals surface area contributed by atoms with Crippen LogP contribution in [0.15, 0.2) is 0 Å². The summed E-state index contributed by atoms with van der Waals surface area (Å²) in [6, 6.07) is 0. The second-order valence-corrected chi connectivity index (χ2v) is 5.61. The molecule has 3 rings (SSSR count). The standard InChI is InChI=1S/C13H20O3/c1-9-8-11-10(4-5-12(14)15-11)13(16-9)6-2-3-7-13/h9-11H,2-8H2,1H3/t9-,10-,11+/m1/s1. The zero-order valence-electron chi connectivity index (χ0n) is 9.91. The third-order valence-corrected chi connectivity index (χ3v) is 4.52. The van der Waals surface area contributed by atoms with Gasteiger partial charge < -0.3 is 9.47 Å². The molecule has 1 spiro atoms. The molecule has 2 saturated heterocycles. The maximum Gasteiger partial charge on any atom is 0.306 e. The van der Waals surface area contributed by atoms with Crippen LogP contribution in [0.2, 0.25) is 0 Å². The molecule has 3 heteroatoms. The van der Waals surface area contributed by atoms with Crippen LogP contribution in [-0.4, -0.2) is 23.8 Å². The summed E-state index contributed by atoms with van der Waals surface area (Å²) in [5, 5.41) is 0. The maximum absolute atomic E-state index is 11.4. The molecule has 3 fully saturated rings. The molecule has 0 aromatic heterocycles. The van der Waals surface area contributed by atoms with E-state index in [1.807, 2.05) is 0 Å². The Kier molecular flexibility index (Phi) is 2.46. The van der Waals surface area contributed by atoms with Gasteiger partial charge in [-0.05, 0) is 26.2 Å². The summed E-state index contributed by atoms with van der Waals surface area (Å²) in [6.07, 6.45) is 7.67. The summed E-state index contributed by atoms with van der Waals surface area (Å²) in [5.41, 5.74) is 0.0447. The number of hydrogen-bond acceptors (Lipinski definition) is 3. The molecule has 3 atom stereocenters. The topological polar surface area (TPSA) is 35.5 Å². The minimum absolute atomic E-state index is 0.0107. The van der Waals surface area contributed by atoms with Gasteiger partial charge in [-0.3, -0.25) is 4.79 Å². The lowest BCUT2D eigenvalue weighted by atomic mass is 9.73. The first kappa shape index (κ1) is 10.6. The van der Waals surface area contributed by atoms with Crippen molar-refractivity contribution in [2.45, 2.75) is 69.7 Å². The number of rotatable bonds is 0. The van der Waals surface area contributed by atoms with E-state index < -0.39 is 0 Å². The zero-order chi connectivity index (χ0) is 11.2. The SMILES string of the molecule is C[C@@H]1C[C@@H]2OC(=O)CC[C@H]2C2(CCCC2)O1. The smallest absolute Gasteiger partial charge is 0.306 e. The number of fused-ring (bicyclic) bond motifs is 2. The molecule has 0 N–H and O–H groups in total. The van der Waals surface area contributed by atoms with E-state index in [2.05, 4.69) is 6.92 Å². The van der Waals surface area contributed by atoms with Crippen LogP contribution in [-0.2, 0) is 14.3 Å². The highest BCUT2D eigenvalue weighted by Gasteiger charge is 2.52. The van der Waals surface area contributed by atoms with E-state index in [4.69, 9.17) is 9.47 Å². The Morgan fingerprint density at radius 3 is 2.81 bits per heavy atom. The second kappa shape index (κ2) is 3.73. The molecule has 3 nitrogen and oxygen atoms in total. The largest absolute Gasteiger partial charge is 0.462 e. The molecule has 1 aliphatic carbocycles. The van der Waals surface area contributed by atoms with Crippen molar-refractivity contribution in [2.75, 3.05) is 0 Å². The molecule has 90 valence electrons. The van der Waals surface area contributed by atoms with Crippen LogP contribution >= 0.6 is 0 Å². The van der Waals surface area contributed by atoms with E-state index in [9.17, 15) is 4.79 Å². The highest BCUT2D eigenvalue weighted by molar-refractivity contribution is 5.70. The van der Waals surface area contributed by atoms with Gasteiger partial charge in [-0.15, -0.1) is 0 Å². The number of carbonyl (C=O) groups is 1. The fourth-order valence-electron chi connectivity index (χ4n) is 3.91. The van der Waals surface area contributed by atoms with Crippen molar-refractivity contribution in [3.05, 3.63) is 0 Å². The van der Waals surface area contributed by atoms with Gasteiger partial charge >= 0.3 is 5.97 Å². The van der Waals surface area contributed by atoms with Crippen molar-refractivity contribution in [2.24, 2.45) is 5.92 Å². The zero-order valence-corrected chi connectivity index (χ0v) is 9.91. The van der Waals surface area contributed by atoms with Crippen LogP contribution in [0, 0.1) is 5.92 Å². The van der Waals surface area contributed by atoms with E-state index >= 15 is 0 Å². The van der Waals surface area contributed by atoms with E-state index in [1.165, 1.54) is 12.8 Å². The molecule has 1 saturated carbocycles. The van der Waals surface area contributed by atoms with Crippen molar-refractivity contribution < 1.29 is 14.3 Å². The number of hydrogen-bond donors (Lipinski definition) is 0. The van der Waals surface area contributed by atoms with Gasteiger partial charge in [0.1, 0.15) is 6.10 Å². The highest BCUT2D eigenvalue weighted by atomic mass is 16.6. The normalized spacial score (nSPS) is 41.8. The Bertz CT molecular complexity index is 294. The van der Waals surface area contributed by atoms with Crippen LogP contribution < -0.4 is 0 Å². The minimum Gasteiger partial charge on any atom is -0.462 e. The molecular formula is C13H20O3. The molecule has 3 aliphatic rings. The Labute approximate surface area is 96.5 Å². The van der Waals surface area contributed by atoms with E-state index in [0.29, 0.717) is 12.3 Å².